The van der Waals surface area contributed by atoms with E-state index in [1.165, 1.54) is 13.2 Å². The number of phenols is 1. The molecular weight excluding hydrogens is 519 g/mol. The number of amides is 1. The van der Waals surface area contributed by atoms with Gasteiger partial charge in [-0.3, -0.25) is 15.0 Å². The number of benzene rings is 2. The Labute approximate surface area is 214 Å². The van der Waals surface area contributed by atoms with E-state index in [9.17, 15) is 23.1 Å². The third-order valence-electron chi connectivity index (χ3n) is 5.71. The first-order valence-electron chi connectivity index (χ1n) is 11.1. The molecule has 7 nitrogen and oxygen atoms in total. The van der Waals surface area contributed by atoms with E-state index in [1.807, 2.05) is 13.8 Å². The summed E-state index contributed by atoms with van der Waals surface area (Å²) in [5, 5.41) is 13.8. The predicted octanol–water partition coefficient (Wildman–Crippen LogP) is 5.68. The number of halogens is 4. The second kappa shape index (κ2) is 10.5. The van der Waals surface area contributed by atoms with E-state index < -0.39 is 17.6 Å². The highest BCUT2D eigenvalue weighted by molar-refractivity contribution is 7.22. The summed E-state index contributed by atoms with van der Waals surface area (Å²) >= 11 is 7.15. The number of hydrogen-bond acceptors (Lipinski definition) is 7. The maximum atomic E-state index is 13.3. The summed E-state index contributed by atoms with van der Waals surface area (Å²) < 4.78 is 51.0. The number of alkyl halides is 3. The van der Waals surface area contributed by atoms with Crippen LogP contribution in [0, 0.1) is 0 Å². The van der Waals surface area contributed by atoms with Crippen molar-refractivity contribution in [3.8, 4) is 5.75 Å². The Morgan fingerprint density at radius 1 is 1.25 bits per heavy atom. The van der Waals surface area contributed by atoms with Crippen LogP contribution in [0.25, 0.3) is 10.2 Å². The maximum absolute atomic E-state index is 13.3. The number of anilines is 1. The quantitative estimate of drug-likeness (QED) is 0.416. The van der Waals surface area contributed by atoms with Crippen LogP contribution in [-0.2, 0) is 28.8 Å². The smallest absolute Gasteiger partial charge is 0.416 e. The third-order valence-corrected chi connectivity index (χ3v) is 6.84. The lowest BCUT2D eigenvalue weighted by molar-refractivity contribution is -0.137. The summed E-state index contributed by atoms with van der Waals surface area (Å²) in [5.41, 5.74) is 0.153. The van der Waals surface area contributed by atoms with E-state index in [4.69, 9.17) is 21.1 Å². The van der Waals surface area contributed by atoms with Gasteiger partial charge in [-0.05, 0) is 38.1 Å². The fraction of sp³-hybridized carbons (Fsp3) is 0.417. The number of nitrogens with zero attached hydrogens (tertiary/aromatic N) is 2. The number of ether oxygens (including phenoxy) is 2. The first-order chi connectivity index (χ1) is 16.9. The standard InChI is InChI=1S/C24H25ClF3N3O4S/c1-12-8-31(9-13(2)35-12)10-14-5-17(25)7-18(21(14)32)22(33)30-23-29-20-15(11-34-3)4-16(24(26,27)28)6-19(20)36-23/h4-7,12-13,32H,8-11H2,1-3H3,(H,29,30,33)/t12-,13+. The van der Waals surface area contributed by atoms with Crippen LogP contribution >= 0.6 is 22.9 Å². The van der Waals surface area contributed by atoms with Crippen molar-refractivity contribution in [1.82, 2.24) is 9.88 Å². The second-order valence-corrected chi connectivity index (χ2v) is 10.3. The van der Waals surface area contributed by atoms with Gasteiger partial charge in [0.1, 0.15) is 5.75 Å². The van der Waals surface area contributed by atoms with Gasteiger partial charge < -0.3 is 14.6 Å². The molecule has 2 N–H and O–H groups in total. The largest absolute Gasteiger partial charge is 0.507 e. The summed E-state index contributed by atoms with van der Waals surface area (Å²) in [6.45, 7) is 5.54. The monoisotopic (exact) mass is 543 g/mol. The number of thiazole rings is 1. The van der Waals surface area contributed by atoms with Crippen molar-refractivity contribution < 1.29 is 32.5 Å². The van der Waals surface area contributed by atoms with E-state index in [-0.39, 0.29) is 50.5 Å². The van der Waals surface area contributed by atoms with E-state index >= 15 is 0 Å². The van der Waals surface area contributed by atoms with Crippen LogP contribution in [0.5, 0.6) is 5.75 Å². The predicted molar refractivity (Wildman–Crippen MR) is 132 cm³/mol. The van der Waals surface area contributed by atoms with E-state index in [1.54, 1.807) is 6.07 Å². The molecule has 4 rings (SSSR count). The van der Waals surface area contributed by atoms with Gasteiger partial charge in [-0.1, -0.05) is 22.9 Å². The minimum atomic E-state index is -4.54. The first-order valence-corrected chi connectivity index (χ1v) is 12.3. The first kappa shape index (κ1) is 26.6. The molecule has 1 fully saturated rings. The van der Waals surface area contributed by atoms with Crippen LogP contribution < -0.4 is 5.32 Å². The zero-order chi connectivity index (χ0) is 26.2. The van der Waals surface area contributed by atoms with Crippen molar-refractivity contribution in [3.05, 3.63) is 51.5 Å². The number of nitrogens with one attached hydrogen (secondary N) is 1. The molecule has 3 aromatic rings. The van der Waals surface area contributed by atoms with Crippen molar-refractivity contribution in [2.45, 2.75) is 45.4 Å². The summed E-state index contributed by atoms with van der Waals surface area (Å²) in [4.78, 5) is 19.5. The molecule has 0 unspecified atom stereocenters. The number of carbonyl (C=O) groups excluding carboxylic acids is 1. The Morgan fingerprint density at radius 3 is 2.58 bits per heavy atom. The third kappa shape index (κ3) is 5.92. The van der Waals surface area contributed by atoms with Crippen LogP contribution in [0.4, 0.5) is 18.3 Å². The Bertz CT molecular complexity index is 1270. The van der Waals surface area contributed by atoms with Crippen LogP contribution in [0.15, 0.2) is 24.3 Å². The minimum absolute atomic E-state index is 0.0257. The molecule has 0 saturated carbocycles. The highest BCUT2D eigenvalue weighted by atomic mass is 35.5. The number of phenolic OH excluding ortho intramolecular Hbond substituents is 1. The zero-order valence-electron chi connectivity index (χ0n) is 19.8. The summed E-state index contributed by atoms with van der Waals surface area (Å²) in [6, 6.07) is 4.91. The molecule has 2 atom stereocenters. The van der Waals surface area contributed by atoms with Gasteiger partial charge in [0.2, 0.25) is 0 Å². The molecule has 12 heteroatoms. The van der Waals surface area contributed by atoms with E-state index in [0.29, 0.717) is 30.7 Å². The lowest BCUT2D eigenvalue weighted by Crippen LogP contribution is -2.44. The Kier molecular flexibility index (Phi) is 7.77. The molecule has 2 aromatic carbocycles. The van der Waals surface area contributed by atoms with Crippen molar-refractivity contribution in [1.29, 1.82) is 0 Å². The molecule has 194 valence electrons. The Balaban J connectivity index is 1.61. The molecule has 1 aliphatic heterocycles. The van der Waals surface area contributed by atoms with Gasteiger partial charge in [0.05, 0.1) is 40.2 Å². The number of fused-ring (bicyclic) bond motifs is 1. The zero-order valence-corrected chi connectivity index (χ0v) is 21.4. The summed E-state index contributed by atoms with van der Waals surface area (Å²) in [6.07, 6.45) is -4.49. The van der Waals surface area contributed by atoms with Crippen LogP contribution in [0.3, 0.4) is 0 Å². The van der Waals surface area contributed by atoms with Crippen molar-refractivity contribution in [2.75, 3.05) is 25.5 Å². The van der Waals surface area contributed by atoms with Gasteiger partial charge in [0.25, 0.3) is 5.91 Å². The number of aromatic hydroxyl groups is 1. The average molecular weight is 544 g/mol. The molecule has 1 aliphatic rings. The number of hydrogen-bond donors (Lipinski definition) is 2. The molecule has 2 heterocycles. The second-order valence-electron chi connectivity index (χ2n) is 8.80. The molecular formula is C24H25ClF3N3O4S. The van der Waals surface area contributed by atoms with Gasteiger partial charge in [0.15, 0.2) is 5.13 Å². The molecule has 0 bridgehead atoms. The van der Waals surface area contributed by atoms with Gasteiger partial charge in [-0.2, -0.15) is 13.2 Å². The molecule has 1 saturated heterocycles. The highest BCUT2D eigenvalue weighted by Gasteiger charge is 2.32. The van der Waals surface area contributed by atoms with E-state index in [0.717, 1.165) is 23.5 Å². The molecule has 0 spiro atoms. The van der Waals surface area contributed by atoms with E-state index in [2.05, 4.69) is 15.2 Å². The molecule has 0 aliphatic carbocycles. The maximum Gasteiger partial charge on any atom is 0.416 e. The summed E-state index contributed by atoms with van der Waals surface area (Å²) in [7, 11) is 1.37. The number of methoxy groups -OCH3 is 1. The number of aromatic nitrogens is 1. The number of carbonyl (C=O) groups is 1. The number of morpholine rings is 1. The van der Waals surface area contributed by atoms with Gasteiger partial charge in [-0.15, -0.1) is 0 Å². The Hall–Kier alpha value is -2.44. The fourth-order valence-corrected chi connectivity index (χ4v) is 5.54. The Morgan fingerprint density at radius 2 is 1.94 bits per heavy atom. The van der Waals surface area contributed by atoms with Gasteiger partial charge >= 0.3 is 6.18 Å². The van der Waals surface area contributed by atoms with Crippen LogP contribution in [0.2, 0.25) is 5.02 Å². The van der Waals surface area contributed by atoms with Crippen molar-refractivity contribution in [3.63, 3.8) is 0 Å². The van der Waals surface area contributed by atoms with Crippen LogP contribution in [-0.4, -0.2) is 53.3 Å². The summed E-state index contributed by atoms with van der Waals surface area (Å²) in [5.74, 6) is -0.896. The number of rotatable bonds is 6. The molecule has 1 aromatic heterocycles. The molecule has 1 amide bonds. The lowest BCUT2D eigenvalue weighted by atomic mass is 10.1. The van der Waals surface area contributed by atoms with Crippen molar-refractivity contribution >= 4 is 44.2 Å². The van der Waals surface area contributed by atoms with Gasteiger partial charge in [0, 0.05) is 42.9 Å². The fourth-order valence-electron chi connectivity index (χ4n) is 4.35. The minimum Gasteiger partial charge on any atom is -0.507 e. The van der Waals surface area contributed by atoms with Gasteiger partial charge in [-0.25, -0.2) is 4.98 Å². The topological polar surface area (TPSA) is 83.9 Å². The normalized spacial score (nSPS) is 19.1. The van der Waals surface area contributed by atoms with Crippen molar-refractivity contribution in [2.24, 2.45) is 0 Å². The average Bonchev–Trinajstić information content (AvgIpc) is 3.17. The highest BCUT2D eigenvalue weighted by Crippen LogP contribution is 2.37. The molecule has 36 heavy (non-hydrogen) atoms. The van der Waals surface area contributed by atoms with Crippen LogP contribution in [0.1, 0.15) is 40.9 Å². The SMILES string of the molecule is COCc1cc(C(F)(F)F)cc2sc(NC(=O)c3cc(Cl)cc(CN4C[C@@H](C)O[C@@H](C)C4)c3O)nc12. The molecule has 0 radical (unpaired) electrons. The lowest BCUT2D eigenvalue weighted by Gasteiger charge is -2.35.